The van der Waals surface area contributed by atoms with Crippen molar-refractivity contribution in [3.63, 3.8) is 0 Å². The first-order valence-corrected chi connectivity index (χ1v) is 9.90. The van der Waals surface area contributed by atoms with Crippen LogP contribution in [0.4, 0.5) is 0 Å². The van der Waals surface area contributed by atoms with Crippen molar-refractivity contribution < 1.29 is 4.79 Å². The average molecular weight is 348 g/mol. The molecule has 2 aliphatic rings. The zero-order chi connectivity index (χ0) is 17.8. The fourth-order valence-electron chi connectivity index (χ4n) is 4.02. The largest absolute Gasteiger partial charge is 0.351 e. The summed E-state index contributed by atoms with van der Waals surface area (Å²) in [4.78, 5) is 15.3. The zero-order valence-corrected chi connectivity index (χ0v) is 15.4. The fourth-order valence-corrected chi connectivity index (χ4v) is 4.02. The Morgan fingerprint density at radius 1 is 0.885 bits per heavy atom. The zero-order valence-electron chi connectivity index (χ0n) is 15.4. The Balaban J connectivity index is 1.31. The molecular weight excluding hydrogens is 320 g/mol. The summed E-state index contributed by atoms with van der Waals surface area (Å²) in [5, 5.41) is 3.15. The van der Waals surface area contributed by atoms with E-state index < -0.39 is 0 Å². The standard InChI is InChI=1S/C23H28N2O/c26-22(23(13-14-23)21-7-3-1-4-8-21)24-17-19-9-11-20(12-10-19)18-25-15-5-2-6-16-25/h1,3-4,7-12H,2,5-6,13-18H2,(H,24,26). The number of nitrogens with zero attached hydrogens (tertiary/aromatic N) is 1. The minimum atomic E-state index is -0.282. The van der Waals surface area contributed by atoms with E-state index in [1.807, 2.05) is 18.2 Å². The minimum absolute atomic E-state index is 0.168. The molecule has 1 aliphatic carbocycles. The fraction of sp³-hybridized carbons (Fsp3) is 0.435. The maximum Gasteiger partial charge on any atom is 0.230 e. The van der Waals surface area contributed by atoms with E-state index in [4.69, 9.17) is 0 Å². The van der Waals surface area contributed by atoms with E-state index in [0.717, 1.165) is 24.9 Å². The van der Waals surface area contributed by atoms with Crippen LogP contribution >= 0.6 is 0 Å². The number of hydrogen-bond acceptors (Lipinski definition) is 2. The van der Waals surface area contributed by atoms with Crippen LogP contribution in [0.25, 0.3) is 0 Å². The summed E-state index contributed by atoms with van der Waals surface area (Å²) in [6.07, 6.45) is 5.94. The van der Waals surface area contributed by atoms with Crippen LogP contribution in [-0.2, 0) is 23.3 Å². The van der Waals surface area contributed by atoms with Crippen LogP contribution in [0.1, 0.15) is 48.8 Å². The smallest absolute Gasteiger partial charge is 0.230 e. The first-order chi connectivity index (χ1) is 12.8. The second-order valence-electron chi connectivity index (χ2n) is 7.78. The first-order valence-electron chi connectivity index (χ1n) is 9.90. The molecule has 2 aromatic rings. The molecule has 1 saturated heterocycles. The molecule has 2 aromatic carbocycles. The molecule has 0 atom stereocenters. The third-order valence-electron chi connectivity index (χ3n) is 5.84. The highest BCUT2D eigenvalue weighted by Gasteiger charge is 2.50. The number of hydrogen-bond donors (Lipinski definition) is 1. The number of rotatable bonds is 6. The van der Waals surface area contributed by atoms with E-state index in [-0.39, 0.29) is 11.3 Å². The van der Waals surface area contributed by atoms with E-state index in [0.29, 0.717) is 6.54 Å². The van der Waals surface area contributed by atoms with Gasteiger partial charge >= 0.3 is 0 Å². The summed E-state index contributed by atoms with van der Waals surface area (Å²) >= 11 is 0. The van der Waals surface area contributed by atoms with E-state index in [2.05, 4.69) is 46.6 Å². The van der Waals surface area contributed by atoms with Crippen molar-refractivity contribution in [2.75, 3.05) is 13.1 Å². The molecule has 0 aromatic heterocycles. The van der Waals surface area contributed by atoms with Crippen molar-refractivity contribution in [2.24, 2.45) is 0 Å². The lowest BCUT2D eigenvalue weighted by atomic mass is 9.95. The van der Waals surface area contributed by atoms with Gasteiger partial charge in [0.15, 0.2) is 0 Å². The van der Waals surface area contributed by atoms with Crippen molar-refractivity contribution in [2.45, 2.75) is 50.6 Å². The molecule has 0 spiro atoms. The summed E-state index contributed by atoms with van der Waals surface area (Å²) in [5.41, 5.74) is 3.40. The molecule has 1 N–H and O–H groups in total. The predicted octanol–water partition coefficient (Wildman–Crippen LogP) is 4.02. The Morgan fingerprint density at radius 2 is 1.54 bits per heavy atom. The number of carbonyl (C=O) groups excluding carboxylic acids is 1. The van der Waals surface area contributed by atoms with Gasteiger partial charge < -0.3 is 5.32 Å². The van der Waals surface area contributed by atoms with Crippen molar-refractivity contribution in [1.29, 1.82) is 0 Å². The Hall–Kier alpha value is -2.13. The molecule has 26 heavy (non-hydrogen) atoms. The minimum Gasteiger partial charge on any atom is -0.351 e. The van der Waals surface area contributed by atoms with Crippen LogP contribution in [0, 0.1) is 0 Å². The molecule has 1 amide bonds. The number of likely N-dealkylation sites (tertiary alicyclic amines) is 1. The quantitative estimate of drug-likeness (QED) is 0.855. The Bertz CT molecular complexity index is 729. The topological polar surface area (TPSA) is 32.3 Å². The second-order valence-corrected chi connectivity index (χ2v) is 7.78. The van der Waals surface area contributed by atoms with Crippen LogP contribution in [-0.4, -0.2) is 23.9 Å². The van der Waals surface area contributed by atoms with Gasteiger partial charge in [-0.3, -0.25) is 9.69 Å². The molecule has 1 aliphatic heterocycles. The molecule has 136 valence electrons. The van der Waals surface area contributed by atoms with Crippen LogP contribution < -0.4 is 5.32 Å². The lowest BCUT2D eigenvalue weighted by Crippen LogP contribution is -2.34. The van der Waals surface area contributed by atoms with E-state index in [9.17, 15) is 4.79 Å². The molecule has 0 unspecified atom stereocenters. The SMILES string of the molecule is O=C(NCc1ccc(CN2CCCCC2)cc1)C1(c2ccccc2)CC1. The lowest BCUT2D eigenvalue weighted by molar-refractivity contribution is -0.123. The summed E-state index contributed by atoms with van der Waals surface area (Å²) in [7, 11) is 0. The number of piperidine rings is 1. The van der Waals surface area contributed by atoms with Gasteiger partial charge in [0.2, 0.25) is 5.91 Å². The number of carbonyl (C=O) groups is 1. The monoisotopic (exact) mass is 348 g/mol. The highest BCUT2D eigenvalue weighted by Crippen LogP contribution is 2.48. The molecule has 0 radical (unpaired) electrons. The molecule has 3 heteroatoms. The molecule has 0 bridgehead atoms. The van der Waals surface area contributed by atoms with Gasteiger partial charge in [0.1, 0.15) is 0 Å². The molecule has 2 fully saturated rings. The Labute approximate surface area is 156 Å². The van der Waals surface area contributed by atoms with Gasteiger partial charge in [-0.1, -0.05) is 61.0 Å². The molecular formula is C23H28N2O. The van der Waals surface area contributed by atoms with Crippen molar-refractivity contribution in [3.8, 4) is 0 Å². The normalized spacial score (nSPS) is 19.1. The maximum atomic E-state index is 12.7. The average Bonchev–Trinajstić information content (AvgIpc) is 3.51. The van der Waals surface area contributed by atoms with Crippen LogP contribution in [0.5, 0.6) is 0 Å². The van der Waals surface area contributed by atoms with E-state index >= 15 is 0 Å². The van der Waals surface area contributed by atoms with Gasteiger partial charge in [0.25, 0.3) is 0 Å². The van der Waals surface area contributed by atoms with Crippen molar-refractivity contribution in [1.82, 2.24) is 10.2 Å². The van der Waals surface area contributed by atoms with Crippen molar-refractivity contribution in [3.05, 3.63) is 71.3 Å². The van der Waals surface area contributed by atoms with Gasteiger partial charge in [0.05, 0.1) is 5.41 Å². The lowest BCUT2D eigenvalue weighted by Gasteiger charge is -2.26. The number of benzene rings is 2. The van der Waals surface area contributed by atoms with Gasteiger partial charge in [-0.05, 0) is 55.5 Å². The van der Waals surface area contributed by atoms with Crippen molar-refractivity contribution >= 4 is 5.91 Å². The summed E-state index contributed by atoms with van der Waals surface area (Å²) in [5.74, 6) is 0.168. The van der Waals surface area contributed by atoms with E-state index in [1.165, 1.54) is 43.5 Å². The maximum absolute atomic E-state index is 12.7. The second kappa shape index (κ2) is 7.63. The van der Waals surface area contributed by atoms with Crippen LogP contribution in [0.2, 0.25) is 0 Å². The highest BCUT2D eigenvalue weighted by molar-refractivity contribution is 5.91. The summed E-state index contributed by atoms with van der Waals surface area (Å²) in [6.45, 7) is 4.10. The predicted molar refractivity (Wildman–Crippen MR) is 105 cm³/mol. The van der Waals surface area contributed by atoms with Crippen LogP contribution in [0.3, 0.4) is 0 Å². The number of nitrogens with one attached hydrogen (secondary N) is 1. The molecule has 1 heterocycles. The highest BCUT2D eigenvalue weighted by atomic mass is 16.2. The van der Waals surface area contributed by atoms with Gasteiger partial charge in [0, 0.05) is 13.1 Å². The summed E-state index contributed by atoms with van der Waals surface area (Å²) in [6, 6.07) is 18.9. The van der Waals surface area contributed by atoms with Gasteiger partial charge in [-0.2, -0.15) is 0 Å². The third-order valence-corrected chi connectivity index (χ3v) is 5.84. The van der Waals surface area contributed by atoms with Gasteiger partial charge in [-0.25, -0.2) is 0 Å². The number of amides is 1. The van der Waals surface area contributed by atoms with Crippen LogP contribution in [0.15, 0.2) is 54.6 Å². The Kier molecular flexibility index (Phi) is 5.07. The summed E-state index contributed by atoms with van der Waals surface area (Å²) < 4.78 is 0. The molecule has 4 rings (SSSR count). The molecule has 1 saturated carbocycles. The first kappa shape index (κ1) is 17.3. The third kappa shape index (κ3) is 3.83. The van der Waals surface area contributed by atoms with E-state index in [1.54, 1.807) is 0 Å². The Morgan fingerprint density at radius 3 is 2.19 bits per heavy atom. The molecule has 3 nitrogen and oxygen atoms in total. The van der Waals surface area contributed by atoms with Gasteiger partial charge in [-0.15, -0.1) is 0 Å².